The Morgan fingerprint density at radius 3 is 2.43 bits per heavy atom. The van der Waals surface area contributed by atoms with Crippen molar-refractivity contribution in [1.82, 2.24) is 10.6 Å². The molecule has 0 spiro atoms. The lowest BCUT2D eigenvalue weighted by atomic mass is 10.1. The zero-order valence-corrected chi connectivity index (χ0v) is 17.0. The minimum atomic E-state index is -0.962. The normalized spacial score (nSPS) is 16.9. The first-order valence-corrected chi connectivity index (χ1v) is 9.68. The third kappa shape index (κ3) is 6.03. The molecule has 0 radical (unpaired) electrons. The summed E-state index contributed by atoms with van der Waals surface area (Å²) in [6.07, 6.45) is 0.526. The number of carbonyl (C=O) groups is 4. The molecule has 1 aromatic rings. The number of rotatable bonds is 8. The molecule has 0 saturated carbocycles. The van der Waals surface area contributed by atoms with Gasteiger partial charge in [-0.1, -0.05) is 36.1 Å². The van der Waals surface area contributed by atoms with Gasteiger partial charge in [-0.05, 0) is 30.5 Å². The van der Waals surface area contributed by atoms with Crippen LogP contribution in [0.2, 0.25) is 0 Å². The maximum atomic E-state index is 12.4. The first-order valence-electron chi connectivity index (χ1n) is 8.40. The molecule has 10 heteroatoms. The highest BCUT2D eigenvalue weighted by Gasteiger charge is 2.29. The van der Waals surface area contributed by atoms with Crippen molar-refractivity contribution in [3.05, 3.63) is 35.4 Å². The third-order valence-electron chi connectivity index (χ3n) is 4.06. The van der Waals surface area contributed by atoms with Gasteiger partial charge in [0.25, 0.3) is 5.91 Å². The molecular weight excluding hydrogens is 404 g/mol. The van der Waals surface area contributed by atoms with Gasteiger partial charge in [0, 0.05) is 12.0 Å². The van der Waals surface area contributed by atoms with Crippen LogP contribution in [0.25, 0.3) is 0 Å². The van der Waals surface area contributed by atoms with Crippen molar-refractivity contribution in [2.45, 2.75) is 30.6 Å². The molecule has 0 aliphatic carbocycles. The van der Waals surface area contributed by atoms with Crippen molar-refractivity contribution >= 4 is 52.1 Å². The van der Waals surface area contributed by atoms with Crippen LogP contribution >= 0.6 is 24.0 Å². The first kappa shape index (κ1) is 21.8. The Labute approximate surface area is 171 Å². The van der Waals surface area contributed by atoms with Crippen LogP contribution in [0.1, 0.15) is 28.8 Å². The fourth-order valence-corrected chi connectivity index (χ4v) is 3.84. The summed E-state index contributed by atoms with van der Waals surface area (Å²) in [4.78, 5) is 47.3. The van der Waals surface area contributed by atoms with Gasteiger partial charge in [0.1, 0.15) is 10.4 Å². The summed E-state index contributed by atoms with van der Waals surface area (Å²) < 4.78 is 9.68. The van der Waals surface area contributed by atoms with E-state index in [4.69, 9.17) is 12.2 Å². The molecule has 8 nitrogen and oxygen atoms in total. The molecule has 1 aromatic carbocycles. The average Bonchev–Trinajstić information content (AvgIpc) is 3.01. The van der Waals surface area contributed by atoms with Crippen LogP contribution in [0.15, 0.2) is 24.3 Å². The quantitative estimate of drug-likeness (QED) is 0.469. The van der Waals surface area contributed by atoms with E-state index in [2.05, 4.69) is 20.1 Å². The van der Waals surface area contributed by atoms with Crippen LogP contribution in [0, 0.1) is 0 Å². The minimum Gasteiger partial charge on any atom is -0.469 e. The molecule has 1 aliphatic heterocycles. The van der Waals surface area contributed by atoms with Gasteiger partial charge in [-0.2, -0.15) is 0 Å². The van der Waals surface area contributed by atoms with E-state index < -0.39 is 23.9 Å². The second-order valence-electron chi connectivity index (χ2n) is 5.95. The zero-order valence-electron chi connectivity index (χ0n) is 15.4. The number of thiocarbonyl (C=S) groups is 1. The summed E-state index contributed by atoms with van der Waals surface area (Å²) >= 11 is 6.28. The summed E-state index contributed by atoms with van der Waals surface area (Å²) in [6.45, 7) is 0. The molecule has 2 atom stereocenters. The number of thioether (sulfide) groups is 1. The fraction of sp³-hybridized carbons (Fsp3) is 0.389. The number of benzene rings is 1. The molecule has 2 amide bonds. The lowest BCUT2D eigenvalue weighted by molar-refractivity contribution is -0.144. The standard InChI is InChI=1S/C18H20N2O6S2/c1-25-14(21)8-7-12(17(24)26-2)19-15(22)11-5-3-10(4-6-11)9-13-16(23)20-18(27)28-13/h3-6,12-13H,7-9H2,1-2H3,(H,19,22)(H,20,23,27)/t12-,13?/m1/s1. The molecular formula is C18H20N2O6S2. The Morgan fingerprint density at radius 1 is 1.21 bits per heavy atom. The molecule has 1 saturated heterocycles. The third-order valence-corrected chi connectivity index (χ3v) is 5.43. The lowest BCUT2D eigenvalue weighted by Gasteiger charge is -2.16. The Hall–Kier alpha value is -2.46. The fourth-order valence-electron chi connectivity index (χ4n) is 2.53. The van der Waals surface area contributed by atoms with E-state index in [1.54, 1.807) is 24.3 Å². The van der Waals surface area contributed by atoms with Gasteiger partial charge in [0.15, 0.2) is 0 Å². The summed E-state index contributed by atoms with van der Waals surface area (Å²) in [5.74, 6) is -1.72. The monoisotopic (exact) mass is 424 g/mol. The van der Waals surface area contributed by atoms with E-state index in [0.717, 1.165) is 5.56 Å². The average molecular weight is 425 g/mol. The Morgan fingerprint density at radius 2 is 1.89 bits per heavy atom. The van der Waals surface area contributed by atoms with Crippen molar-refractivity contribution in [3.63, 3.8) is 0 Å². The summed E-state index contributed by atoms with van der Waals surface area (Å²) in [7, 11) is 2.45. The van der Waals surface area contributed by atoms with Crippen molar-refractivity contribution in [2.24, 2.45) is 0 Å². The van der Waals surface area contributed by atoms with E-state index in [-0.39, 0.29) is 24.0 Å². The van der Waals surface area contributed by atoms with Crippen LogP contribution in [0.4, 0.5) is 0 Å². The van der Waals surface area contributed by atoms with Gasteiger partial charge < -0.3 is 20.1 Å². The second-order valence-corrected chi connectivity index (χ2v) is 7.83. The lowest BCUT2D eigenvalue weighted by Crippen LogP contribution is -2.41. The van der Waals surface area contributed by atoms with Crippen molar-refractivity contribution in [3.8, 4) is 0 Å². The highest BCUT2D eigenvalue weighted by Crippen LogP contribution is 2.23. The number of carbonyl (C=O) groups excluding carboxylic acids is 4. The molecule has 1 unspecified atom stereocenters. The van der Waals surface area contributed by atoms with Crippen LogP contribution in [-0.4, -0.2) is 53.6 Å². The van der Waals surface area contributed by atoms with Crippen molar-refractivity contribution in [1.29, 1.82) is 0 Å². The molecule has 1 aliphatic rings. The Kier molecular flexibility index (Phi) is 7.94. The molecule has 1 heterocycles. The molecule has 0 aromatic heterocycles. The van der Waals surface area contributed by atoms with Crippen LogP contribution in [0.5, 0.6) is 0 Å². The van der Waals surface area contributed by atoms with Gasteiger partial charge in [0.2, 0.25) is 5.91 Å². The number of hydrogen-bond donors (Lipinski definition) is 2. The number of hydrogen-bond acceptors (Lipinski definition) is 8. The predicted octanol–water partition coefficient (Wildman–Crippen LogP) is 0.970. The van der Waals surface area contributed by atoms with Gasteiger partial charge in [-0.3, -0.25) is 14.4 Å². The van der Waals surface area contributed by atoms with Crippen molar-refractivity contribution < 1.29 is 28.7 Å². The van der Waals surface area contributed by atoms with Crippen LogP contribution < -0.4 is 10.6 Å². The molecule has 2 N–H and O–H groups in total. The minimum absolute atomic E-state index is 0.0293. The zero-order chi connectivity index (χ0) is 20.7. The summed E-state index contributed by atoms with van der Waals surface area (Å²) in [6, 6.07) is 5.73. The van der Waals surface area contributed by atoms with Crippen molar-refractivity contribution in [2.75, 3.05) is 14.2 Å². The van der Waals surface area contributed by atoms with Gasteiger partial charge in [-0.15, -0.1) is 0 Å². The van der Waals surface area contributed by atoms with Gasteiger partial charge >= 0.3 is 11.9 Å². The van der Waals surface area contributed by atoms with Gasteiger partial charge in [-0.25, -0.2) is 4.79 Å². The first-order chi connectivity index (χ1) is 13.3. The number of amides is 2. The highest BCUT2D eigenvalue weighted by atomic mass is 32.2. The van der Waals surface area contributed by atoms with Crippen LogP contribution in [-0.2, 0) is 30.3 Å². The molecule has 28 heavy (non-hydrogen) atoms. The largest absolute Gasteiger partial charge is 0.469 e. The Balaban J connectivity index is 1.98. The highest BCUT2D eigenvalue weighted by molar-refractivity contribution is 8.24. The molecule has 1 fully saturated rings. The maximum Gasteiger partial charge on any atom is 0.328 e. The molecule has 0 bridgehead atoms. The number of methoxy groups -OCH3 is 2. The Bertz CT molecular complexity index is 781. The van der Waals surface area contributed by atoms with E-state index in [1.807, 2.05) is 0 Å². The van der Waals surface area contributed by atoms with Crippen LogP contribution in [0.3, 0.4) is 0 Å². The summed E-state index contributed by atoms with van der Waals surface area (Å²) in [5.41, 5.74) is 1.22. The smallest absolute Gasteiger partial charge is 0.328 e. The number of esters is 2. The molecule has 2 rings (SSSR count). The molecule has 150 valence electrons. The van der Waals surface area contributed by atoms with Gasteiger partial charge in [0.05, 0.1) is 19.5 Å². The number of ether oxygens (including phenoxy) is 2. The summed E-state index contributed by atoms with van der Waals surface area (Å²) in [5, 5.41) is 4.87. The second kappa shape index (κ2) is 10.2. The van der Waals surface area contributed by atoms with E-state index in [0.29, 0.717) is 16.3 Å². The predicted molar refractivity (Wildman–Crippen MR) is 107 cm³/mol. The SMILES string of the molecule is COC(=O)CC[C@@H](NC(=O)c1ccc(CC2SC(=S)NC2=O)cc1)C(=O)OC. The van der Waals surface area contributed by atoms with E-state index >= 15 is 0 Å². The van der Waals surface area contributed by atoms with E-state index in [9.17, 15) is 19.2 Å². The number of nitrogens with one attached hydrogen (secondary N) is 2. The topological polar surface area (TPSA) is 111 Å². The van der Waals surface area contributed by atoms with E-state index in [1.165, 1.54) is 26.0 Å². The maximum absolute atomic E-state index is 12.4.